The van der Waals surface area contributed by atoms with Crippen molar-refractivity contribution in [3.05, 3.63) is 116 Å². The van der Waals surface area contributed by atoms with Crippen LogP contribution in [0.1, 0.15) is 35.6 Å². The summed E-state index contributed by atoms with van der Waals surface area (Å²) < 4.78 is 7.14. The van der Waals surface area contributed by atoms with Gasteiger partial charge in [-0.05, 0) is 35.3 Å². The van der Waals surface area contributed by atoms with E-state index >= 15 is 0 Å². The highest BCUT2D eigenvalue weighted by atomic mass is 79.9. The normalized spacial score (nSPS) is 25.6. The molecule has 4 atom stereocenters. The summed E-state index contributed by atoms with van der Waals surface area (Å²) in [7, 11) is 0. The Balaban J connectivity index is 1.86. The van der Waals surface area contributed by atoms with E-state index in [0.29, 0.717) is 22.4 Å². The molecule has 7 heteroatoms. The van der Waals surface area contributed by atoms with E-state index in [2.05, 4.69) is 22.0 Å². The second-order valence-electron chi connectivity index (χ2n) is 8.58. The molecule has 0 saturated heterocycles. The number of fused-ring (bicyclic) bond motifs is 3. The van der Waals surface area contributed by atoms with Gasteiger partial charge >= 0.3 is 5.54 Å². The molecular weight excluding hydrogens is 494 g/mol. The molecule has 0 saturated carbocycles. The molecular formula is C27H20BrN3O3. The summed E-state index contributed by atoms with van der Waals surface area (Å²) in [6.45, 7) is 1.91. The van der Waals surface area contributed by atoms with Gasteiger partial charge in [0.25, 0.3) is 0 Å². The van der Waals surface area contributed by atoms with Gasteiger partial charge in [-0.2, -0.15) is 5.26 Å². The van der Waals surface area contributed by atoms with Crippen LogP contribution in [0.2, 0.25) is 0 Å². The molecule has 3 aromatic rings. The lowest BCUT2D eigenvalue weighted by Gasteiger charge is -2.48. The van der Waals surface area contributed by atoms with Gasteiger partial charge in [0.05, 0.1) is 11.5 Å². The molecule has 2 aliphatic rings. The van der Waals surface area contributed by atoms with Crippen molar-refractivity contribution in [3.8, 4) is 11.8 Å². The number of ether oxygens (including phenoxy) is 1. The average molecular weight is 514 g/mol. The highest BCUT2D eigenvalue weighted by Crippen LogP contribution is 2.59. The summed E-state index contributed by atoms with van der Waals surface area (Å²) in [5.41, 5.74) is 0.456. The highest BCUT2D eigenvalue weighted by molar-refractivity contribution is 9.10. The van der Waals surface area contributed by atoms with Gasteiger partial charge in [-0.1, -0.05) is 83.5 Å². The fourth-order valence-corrected chi connectivity index (χ4v) is 5.79. The fraction of sp³-hybridized carbons (Fsp3) is 0.185. The second kappa shape index (κ2) is 8.23. The summed E-state index contributed by atoms with van der Waals surface area (Å²) in [5.74, 6) is -0.564. The number of hydrogen-bond donors (Lipinski definition) is 1. The second-order valence-corrected chi connectivity index (χ2v) is 9.49. The van der Waals surface area contributed by atoms with Crippen molar-refractivity contribution in [1.29, 1.82) is 10.7 Å². The molecule has 168 valence electrons. The zero-order valence-corrected chi connectivity index (χ0v) is 19.8. The molecule has 0 aromatic heterocycles. The minimum atomic E-state index is -1.97. The molecule has 1 N–H and O–H groups in total. The molecule has 1 aliphatic heterocycles. The first-order valence-corrected chi connectivity index (χ1v) is 11.6. The monoisotopic (exact) mass is 513 g/mol. The number of benzene rings is 3. The average Bonchev–Trinajstić information content (AvgIpc) is 2.85. The maximum atomic E-state index is 13.1. The minimum Gasteiger partial charge on any atom is -0.477 e. The van der Waals surface area contributed by atoms with E-state index in [4.69, 9.17) is 4.74 Å². The van der Waals surface area contributed by atoms with E-state index in [1.807, 2.05) is 61.5 Å². The smallest absolute Gasteiger partial charge is 0.311 e. The van der Waals surface area contributed by atoms with Crippen LogP contribution in [0.4, 0.5) is 0 Å². The Morgan fingerprint density at radius 2 is 1.71 bits per heavy atom. The highest BCUT2D eigenvalue weighted by Gasteiger charge is 2.69. The number of allylic oxidation sites excluding steroid dienone is 1. The minimum absolute atomic E-state index is 0.0387. The van der Waals surface area contributed by atoms with E-state index < -0.39 is 28.4 Å². The van der Waals surface area contributed by atoms with Gasteiger partial charge in [0, 0.05) is 20.5 Å². The van der Waals surface area contributed by atoms with Crippen LogP contribution in [0.3, 0.4) is 0 Å². The predicted octanol–water partition coefficient (Wildman–Crippen LogP) is 6.33. The zero-order valence-electron chi connectivity index (χ0n) is 18.2. The topological polar surface area (TPSA) is 100 Å². The van der Waals surface area contributed by atoms with Gasteiger partial charge in [-0.3, -0.25) is 15.5 Å². The maximum Gasteiger partial charge on any atom is 0.311 e. The largest absolute Gasteiger partial charge is 0.477 e. The number of halogens is 1. The Bertz CT molecular complexity index is 1380. The summed E-state index contributed by atoms with van der Waals surface area (Å²) in [6, 6.07) is 26.0. The lowest BCUT2D eigenvalue weighted by atomic mass is 9.57. The summed E-state index contributed by atoms with van der Waals surface area (Å²) in [4.78, 5) is 12.7. The number of nitro groups is 1. The SMILES string of the molecule is CC1C(c2ccccc2)=C(C#N)C(=N)[C@@]2([N+](=O)[O-])[C@H](c3ccc(Br)cc3)Oc3ccccc3[C@@H]12. The molecule has 0 spiro atoms. The zero-order chi connectivity index (χ0) is 24.0. The number of nitrogens with one attached hydrogen (secondary N) is 1. The van der Waals surface area contributed by atoms with Gasteiger partial charge in [-0.25, -0.2) is 0 Å². The van der Waals surface area contributed by atoms with Crippen LogP contribution in [0, 0.1) is 32.8 Å². The van der Waals surface area contributed by atoms with Crippen LogP contribution < -0.4 is 4.74 Å². The van der Waals surface area contributed by atoms with E-state index in [9.17, 15) is 20.8 Å². The van der Waals surface area contributed by atoms with Crippen molar-refractivity contribution in [2.75, 3.05) is 0 Å². The molecule has 5 rings (SSSR count). The molecule has 3 aromatic carbocycles. The van der Waals surface area contributed by atoms with E-state index in [0.717, 1.165) is 10.0 Å². The standard InChI is InChI=1S/C27H20BrN3O3/c1-16-23(17-7-3-2-4-8-17)21(15-29)25(30)27(31(32)33)24(16)20-9-5-6-10-22(20)34-26(27)18-11-13-19(28)14-12-18/h2-14,16,24,26,30H,1H3/t16?,24-,26+,27-/m1/s1. The molecule has 1 unspecified atom stereocenters. The first kappa shape index (κ1) is 22.1. The number of nitrogens with zero attached hydrogens (tertiary/aromatic N) is 2. The third-order valence-corrected chi connectivity index (χ3v) is 7.45. The number of para-hydroxylation sites is 1. The Labute approximate surface area is 205 Å². The van der Waals surface area contributed by atoms with Gasteiger partial charge < -0.3 is 4.74 Å². The quantitative estimate of drug-likeness (QED) is 0.326. The van der Waals surface area contributed by atoms with Crippen molar-refractivity contribution < 1.29 is 9.66 Å². The molecule has 1 heterocycles. The van der Waals surface area contributed by atoms with Gasteiger partial charge in [0.2, 0.25) is 6.10 Å². The van der Waals surface area contributed by atoms with Crippen LogP contribution in [0.15, 0.2) is 88.9 Å². The third kappa shape index (κ3) is 3.02. The first-order valence-electron chi connectivity index (χ1n) is 10.9. The predicted molar refractivity (Wildman–Crippen MR) is 132 cm³/mol. The van der Waals surface area contributed by atoms with E-state index in [-0.39, 0.29) is 11.3 Å². The van der Waals surface area contributed by atoms with E-state index in [1.165, 1.54) is 0 Å². The molecule has 0 amide bonds. The lowest BCUT2D eigenvalue weighted by Crippen LogP contribution is -2.62. The van der Waals surface area contributed by atoms with Gasteiger partial charge in [0.15, 0.2) is 0 Å². The summed E-state index contributed by atoms with van der Waals surface area (Å²) >= 11 is 3.41. The van der Waals surface area contributed by atoms with Crippen LogP contribution in [0.5, 0.6) is 5.75 Å². The van der Waals surface area contributed by atoms with Crippen molar-refractivity contribution >= 4 is 27.2 Å². The van der Waals surface area contributed by atoms with Gasteiger partial charge in [0.1, 0.15) is 17.5 Å². The third-order valence-electron chi connectivity index (χ3n) is 6.92. The Hall–Kier alpha value is -3.76. The molecule has 0 fully saturated rings. The van der Waals surface area contributed by atoms with Crippen LogP contribution in [-0.2, 0) is 0 Å². The van der Waals surface area contributed by atoms with E-state index in [1.54, 1.807) is 24.3 Å². The molecule has 0 radical (unpaired) electrons. The summed E-state index contributed by atoms with van der Waals surface area (Å²) in [5, 5.41) is 32.4. The molecule has 6 nitrogen and oxygen atoms in total. The van der Waals surface area contributed by atoms with Crippen molar-refractivity contribution in [2.24, 2.45) is 5.92 Å². The molecule has 0 bridgehead atoms. The Morgan fingerprint density at radius 1 is 1.06 bits per heavy atom. The lowest BCUT2D eigenvalue weighted by molar-refractivity contribution is -0.568. The Kier molecular flexibility index (Phi) is 5.34. The molecule has 34 heavy (non-hydrogen) atoms. The number of nitriles is 1. The first-order chi connectivity index (χ1) is 16.4. The molecule has 1 aliphatic carbocycles. The van der Waals surface area contributed by atoms with Crippen molar-refractivity contribution in [1.82, 2.24) is 0 Å². The van der Waals surface area contributed by atoms with Crippen LogP contribution in [0.25, 0.3) is 5.57 Å². The van der Waals surface area contributed by atoms with Gasteiger partial charge in [-0.15, -0.1) is 0 Å². The van der Waals surface area contributed by atoms with Crippen LogP contribution >= 0.6 is 15.9 Å². The number of hydrogen-bond acceptors (Lipinski definition) is 5. The fourth-order valence-electron chi connectivity index (χ4n) is 5.53. The summed E-state index contributed by atoms with van der Waals surface area (Å²) in [6.07, 6.45) is -1.08. The van der Waals surface area contributed by atoms with Crippen molar-refractivity contribution in [2.45, 2.75) is 24.5 Å². The Morgan fingerprint density at radius 3 is 2.35 bits per heavy atom. The van der Waals surface area contributed by atoms with Crippen LogP contribution in [-0.4, -0.2) is 16.2 Å². The maximum absolute atomic E-state index is 13.1. The van der Waals surface area contributed by atoms with Crippen molar-refractivity contribution in [3.63, 3.8) is 0 Å². The number of rotatable bonds is 3.